The summed E-state index contributed by atoms with van der Waals surface area (Å²) < 4.78 is 5.39. The smallest absolute Gasteiger partial charge is 0.423 e. The number of nitrogens with two attached hydrogens (primary N) is 1. The van der Waals surface area contributed by atoms with E-state index < -0.39 is 7.12 Å². The van der Waals surface area contributed by atoms with Crippen molar-refractivity contribution < 1.29 is 9.68 Å². The second kappa shape index (κ2) is 3.34. The molecule has 1 atom stereocenters. The van der Waals surface area contributed by atoms with Crippen LogP contribution in [0.2, 0.25) is 0 Å². The number of hydrogen-bond donors (Lipinski definition) is 2. The molecule has 0 fully saturated rings. The van der Waals surface area contributed by atoms with Crippen LogP contribution in [0.15, 0.2) is 12.1 Å². The van der Waals surface area contributed by atoms with E-state index in [4.69, 9.17) is 10.4 Å². The molecule has 0 saturated heterocycles. The van der Waals surface area contributed by atoms with Gasteiger partial charge in [-0.15, -0.1) is 0 Å². The Hall–Kier alpha value is -0.835. The molecule has 1 aliphatic heterocycles. The Kier molecular flexibility index (Phi) is 2.09. The van der Waals surface area contributed by atoms with Crippen molar-refractivity contribution in [1.82, 2.24) is 0 Å². The van der Waals surface area contributed by atoms with Gasteiger partial charge in [-0.05, 0) is 41.4 Å². The van der Waals surface area contributed by atoms with Gasteiger partial charge in [0.1, 0.15) is 0 Å². The summed E-state index contributed by atoms with van der Waals surface area (Å²) >= 11 is 0. The minimum Gasteiger partial charge on any atom is -0.423 e. The SMILES string of the molecule is NCC1OB(O)c2cc3c(cc21)CCC3. The highest BCUT2D eigenvalue weighted by Crippen LogP contribution is 2.29. The van der Waals surface area contributed by atoms with Gasteiger partial charge in [0.05, 0.1) is 6.10 Å². The zero-order chi connectivity index (χ0) is 10.4. The normalized spacial score (nSPS) is 23.1. The second-order valence-corrected chi connectivity index (χ2v) is 4.32. The van der Waals surface area contributed by atoms with E-state index in [0.29, 0.717) is 6.54 Å². The van der Waals surface area contributed by atoms with Crippen LogP contribution in [0, 0.1) is 0 Å². The van der Waals surface area contributed by atoms with Gasteiger partial charge < -0.3 is 15.4 Å². The molecule has 4 heteroatoms. The van der Waals surface area contributed by atoms with Crippen molar-refractivity contribution in [2.75, 3.05) is 6.54 Å². The lowest BCUT2D eigenvalue weighted by Gasteiger charge is -2.09. The topological polar surface area (TPSA) is 55.5 Å². The number of benzene rings is 1. The molecule has 0 saturated carbocycles. The highest BCUT2D eigenvalue weighted by atomic mass is 16.5. The average molecular weight is 203 g/mol. The van der Waals surface area contributed by atoms with Gasteiger partial charge in [0.2, 0.25) is 0 Å². The zero-order valence-corrected chi connectivity index (χ0v) is 8.57. The third kappa shape index (κ3) is 1.33. The molecule has 0 bridgehead atoms. The van der Waals surface area contributed by atoms with E-state index in [-0.39, 0.29) is 6.10 Å². The predicted molar refractivity (Wildman–Crippen MR) is 59.0 cm³/mol. The molecule has 15 heavy (non-hydrogen) atoms. The van der Waals surface area contributed by atoms with Crippen LogP contribution < -0.4 is 11.2 Å². The van der Waals surface area contributed by atoms with E-state index in [9.17, 15) is 5.02 Å². The van der Waals surface area contributed by atoms with E-state index in [1.807, 2.05) is 0 Å². The number of aryl methyl sites for hydroxylation is 2. The largest absolute Gasteiger partial charge is 0.492 e. The standard InChI is InChI=1S/C11H14BNO2/c13-6-11-9-4-7-2-1-3-8(7)5-10(9)12(14)15-11/h4-5,11,14H,1-3,6,13H2. The van der Waals surface area contributed by atoms with E-state index >= 15 is 0 Å². The molecule has 1 aromatic rings. The molecular weight excluding hydrogens is 189 g/mol. The first-order valence-electron chi connectivity index (χ1n) is 5.49. The maximum absolute atomic E-state index is 9.74. The summed E-state index contributed by atoms with van der Waals surface area (Å²) in [5, 5.41) is 9.74. The molecule has 0 aromatic heterocycles. The molecule has 78 valence electrons. The first-order valence-corrected chi connectivity index (χ1v) is 5.49. The first-order chi connectivity index (χ1) is 7.29. The molecular formula is C11H14BNO2. The molecule has 0 radical (unpaired) electrons. The van der Waals surface area contributed by atoms with Crippen LogP contribution in [-0.2, 0) is 17.5 Å². The van der Waals surface area contributed by atoms with Crippen molar-refractivity contribution in [3.8, 4) is 0 Å². The Morgan fingerprint density at radius 1 is 1.40 bits per heavy atom. The second-order valence-electron chi connectivity index (χ2n) is 4.32. The van der Waals surface area contributed by atoms with Crippen LogP contribution in [-0.4, -0.2) is 18.7 Å². The fourth-order valence-electron chi connectivity index (χ4n) is 2.64. The summed E-state index contributed by atoms with van der Waals surface area (Å²) in [5.74, 6) is 0. The van der Waals surface area contributed by atoms with Crippen LogP contribution in [0.1, 0.15) is 29.2 Å². The van der Waals surface area contributed by atoms with Gasteiger partial charge in [-0.3, -0.25) is 0 Å². The lowest BCUT2D eigenvalue weighted by Crippen LogP contribution is -2.28. The molecule has 2 aliphatic rings. The van der Waals surface area contributed by atoms with Crippen molar-refractivity contribution in [2.45, 2.75) is 25.4 Å². The minimum atomic E-state index is -0.778. The molecule has 0 amide bonds. The van der Waals surface area contributed by atoms with Gasteiger partial charge in [0.15, 0.2) is 0 Å². The highest BCUT2D eigenvalue weighted by molar-refractivity contribution is 6.61. The number of rotatable bonds is 1. The summed E-state index contributed by atoms with van der Waals surface area (Å²) in [6.45, 7) is 0.433. The average Bonchev–Trinajstić information content (AvgIpc) is 2.81. The first kappa shape index (κ1) is 9.40. The lowest BCUT2D eigenvalue weighted by molar-refractivity contribution is 0.198. The van der Waals surface area contributed by atoms with Crippen LogP contribution in [0.25, 0.3) is 0 Å². The quantitative estimate of drug-likeness (QED) is 0.626. The van der Waals surface area contributed by atoms with Gasteiger partial charge in [-0.1, -0.05) is 12.1 Å². The van der Waals surface area contributed by atoms with Crippen molar-refractivity contribution in [2.24, 2.45) is 5.73 Å². The summed E-state index contributed by atoms with van der Waals surface area (Å²) in [6.07, 6.45) is 3.38. The van der Waals surface area contributed by atoms with Crippen molar-refractivity contribution >= 4 is 12.6 Å². The number of hydrogen-bond acceptors (Lipinski definition) is 3. The molecule has 1 unspecified atom stereocenters. The van der Waals surface area contributed by atoms with Crippen molar-refractivity contribution in [1.29, 1.82) is 0 Å². The molecule has 1 heterocycles. The van der Waals surface area contributed by atoms with Gasteiger partial charge in [0, 0.05) is 6.54 Å². The van der Waals surface area contributed by atoms with Gasteiger partial charge in [-0.25, -0.2) is 0 Å². The molecule has 3 N–H and O–H groups in total. The third-order valence-corrected chi connectivity index (χ3v) is 3.42. The maximum Gasteiger partial charge on any atom is 0.492 e. The van der Waals surface area contributed by atoms with Crippen LogP contribution in [0.3, 0.4) is 0 Å². The van der Waals surface area contributed by atoms with E-state index in [1.54, 1.807) is 0 Å². The third-order valence-electron chi connectivity index (χ3n) is 3.42. The monoisotopic (exact) mass is 203 g/mol. The Balaban J connectivity index is 2.11. The Morgan fingerprint density at radius 3 is 2.87 bits per heavy atom. The Morgan fingerprint density at radius 2 is 2.13 bits per heavy atom. The summed E-state index contributed by atoms with van der Waals surface area (Å²) in [6, 6.07) is 4.27. The lowest BCUT2D eigenvalue weighted by atomic mass is 9.77. The van der Waals surface area contributed by atoms with Gasteiger partial charge in [-0.2, -0.15) is 0 Å². The number of fused-ring (bicyclic) bond motifs is 2. The van der Waals surface area contributed by atoms with Crippen LogP contribution >= 0.6 is 0 Å². The molecule has 0 spiro atoms. The van der Waals surface area contributed by atoms with E-state index in [0.717, 1.165) is 23.9 Å². The minimum absolute atomic E-state index is 0.124. The fraction of sp³-hybridized carbons (Fsp3) is 0.455. The molecule has 3 rings (SSSR count). The summed E-state index contributed by atoms with van der Waals surface area (Å²) in [4.78, 5) is 0. The molecule has 1 aromatic carbocycles. The van der Waals surface area contributed by atoms with Crippen LogP contribution in [0.5, 0.6) is 0 Å². The van der Waals surface area contributed by atoms with Crippen LogP contribution in [0.4, 0.5) is 0 Å². The maximum atomic E-state index is 9.74. The Bertz CT molecular complexity index is 408. The Labute approximate surface area is 89.4 Å². The van der Waals surface area contributed by atoms with E-state index in [2.05, 4.69) is 12.1 Å². The summed E-state index contributed by atoms with van der Waals surface area (Å²) in [7, 11) is -0.778. The summed E-state index contributed by atoms with van der Waals surface area (Å²) in [5.41, 5.74) is 10.4. The highest BCUT2D eigenvalue weighted by Gasteiger charge is 2.35. The molecule has 1 aliphatic carbocycles. The fourth-order valence-corrected chi connectivity index (χ4v) is 2.64. The van der Waals surface area contributed by atoms with Crippen molar-refractivity contribution in [3.63, 3.8) is 0 Å². The van der Waals surface area contributed by atoms with Crippen molar-refractivity contribution in [3.05, 3.63) is 28.8 Å². The molecule has 3 nitrogen and oxygen atoms in total. The van der Waals surface area contributed by atoms with Gasteiger partial charge >= 0.3 is 7.12 Å². The zero-order valence-electron chi connectivity index (χ0n) is 8.57. The van der Waals surface area contributed by atoms with E-state index in [1.165, 1.54) is 17.5 Å². The van der Waals surface area contributed by atoms with Gasteiger partial charge in [0.25, 0.3) is 0 Å². The predicted octanol–water partition coefficient (Wildman–Crippen LogP) is -0.107.